The summed E-state index contributed by atoms with van der Waals surface area (Å²) in [6.45, 7) is 0. The highest BCUT2D eigenvalue weighted by molar-refractivity contribution is 7.81. The maximum Gasteiger partial charge on any atom is 0.342 e. The zero-order valence-electron chi connectivity index (χ0n) is 7.44. The first-order chi connectivity index (χ1) is 6.61. The topological polar surface area (TPSA) is 75.7 Å². The lowest BCUT2D eigenvalue weighted by Crippen LogP contribution is -2.02. The van der Waals surface area contributed by atoms with Crippen molar-refractivity contribution in [2.75, 3.05) is 14.2 Å². The van der Waals surface area contributed by atoms with Crippen LogP contribution in [0.4, 0.5) is 0 Å². The van der Waals surface area contributed by atoms with Crippen LogP contribution in [0, 0.1) is 0 Å². The average Bonchev–Trinajstić information content (AvgIpc) is 2.59. The Kier molecular flexibility index (Phi) is 3.62. The first kappa shape index (κ1) is 11.2. The summed E-state index contributed by atoms with van der Waals surface area (Å²) in [5, 5.41) is 1.38. The number of carbonyl (C=O) groups is 1. The summed E-state index contributed by atoms with van der Waals surface area (Å²) in [6.07, 6.45) is 0. The van der Waals surface area contributed by atoms with Crippen LogP contribution in [0.15, 0.2) is 9.59 Å². The second-order valence-corrected chi connectivity index (χ2v) is 4.21. The maximum atomic E-state index is 11.1. The van der Waals surface area contributed by atoms with Crippen LogP contribution >= 0.6 is 11.3 Å². The first-order valence-corrected chi connectivity index (χ1v) is 5.40. The molecule has 78 valence electrons. The van der Waals surface area contributed by atoms with Gasteiger partial charge < -0.3 is 14.0 Å². The molecular weight excluding hydrogens is 228 g/mol. The van der Waals surface area contributed by atoms with Gasteiger partial charge in [0.1, 0.15) is 9.77 Å². The lowest BCUT2D eigenvalue weighted by atomic mass is 10.3. The van der Waals surface area contributed by atoms with Crippen LogP contribution in [-0.2, 0) is 15.8 Å². The summed E-state index contributed by atoms with van der Waals surface area (Å²) >= 11 is -1.49. The lowest BCUT2D eigenvalue weighted by Gasteiger charge is -2.06. The molecule has 1 unspecified atom stereocenters. The number of esters is 1. The Morgan fingerprint density at radius 2 is 2.21 bits per heavy atom. The van der Waals surface area contributed by atoms with Crippen molar-refractivity contribution in [1.29, 1.82) is 0 Å². The van der Waals surface area contributed by atoms with Gasteiger partial charge in [-0.25, -0.2) is 4.79 Å². The predicted octanol–water partition coefficient (Wildman–Crippen LogP) is 0.781. The van der Waals surface area contributed by atoms with Crippen molar-refractivity contribution in [2.24, 2.45) is 0 Å². The molecule has 0 aromatic carbocycles. The molecule has 0 radical (unpaired) electrons. The van der Waals surface area contributed by atoms with Gasteiger partial charge in [-0.05, 0) is 11.1 Å². The van der Waals surface area contributed by atoms with Crippen LogP contribution in [0.3, 0.4) is 0 Å². The van der Waals surface area contributed by atoms with E-state index >= 15 is 0 Å². The molecule has 0 N–H and O–H groups in total. The Hall–Kier alpha value is -0.920. The zero-order valence-corrected chi connectivity index (χ0v) is 9.07. The van der Waals surface area contributed by atoms with E-state index in [1.807, 2.05) is 0 Å². The van der Waals surface area contributed by atoms with Gasteiger partial charge >= 0.3 is 5.97 Å². The molecule has 1 aromatic heterocycles. The Labute approximate surface area is 86.9 Å². The van der Waals surface area contributed by atoms with E-state index in [0.717, 1.165) is 11.3 Å². The van der Waals surface area contributed by atoms with E-state index in [2.05, 4.69) is 4.74 Å². The number of carbonyl (C=O) groups excluding carboxylic acids is 1. The SMILES string of the molecule is COC(=O)c1csc(S(=O)[O-])c1OC. The van der Waals surface area contributed by atoms with Crippen LogP contribution in [-0.4, -0.2) is 29.0 Å². The lowest BCUT2D eigenvalue weighted by molar-refractivity contribution is 0.0597. The minimum atomic E-state index is -2.40. The minimum absolute atomic E-state index is 0.00657. The summed E-state index contributed by atoms with van der Waals surface area (Å²) < 4.78 is 30.6. The second kappa shape index (κ2) is 4.54. The minimum Gasteiger partial charge on any atom is -0.768 e. The van der Waals surface area contributed by atoms with Gasteiger partial charge in [-0.1, -0.05) is 0 Å². The summed E-state index contributed by atoms with van der Waals surface area (Å²) in [7, 11) is 2.51. The van der Waals surface area contributed by atoms with Crippen molar-refractivity contribution in [1.82, 2.24) is 0 Å². The first-order valence-electron chi connectivity index (χ1n) is 3.44. The molecule has 1 aromatic rings. The quantitative estimate of drug-likeness (QED) is 0.571. The molecular formula is C7H7O5S2-. The maximum absolute atomic E-state index is 11.1. The number of hydrogen-bond acceptors (Lipinski definition) is 6. The Morgan fingerprint density at radius 1 is 1.57 bits per heavy atom. The molecule has 0 saturated heterocycles. The Morgan fingerprint density at radius 3 is 2.64 bits per heavy atom. The molecule has 0 spiro atoms. The highest BCUT2D eigenvalue weighted by atomic mass is 32.2. The molecule has 1 rings (SSSR count). The summed E-state index contributed by atoms with van der Waals surface area (Å²) in [5.41, 5.74) is 0.124. The largest absolute Gasteiger partial charge is 0.768 e. The van der Waals surface area contributed by atoms with E-state index in [1.54, 1.807) is 0 Å². The highest BCUT2D eigenvalue weighted by Crippen LogP contribution is 2.33. The number of methoxy groups -OCH3 is 2. The third kappa shape index (κ3) is 1.94. The van der Waals surface area contributed by atoms with Gasteiger partial charge in [0.2, 0.25) is 0 Å². The van der Waals surface area contributed by atoms with Crippen molar-refractivity contribution in [3.63, 3.8) is 0 Å². The smallest absolute Gasteiger partial charge is 0.342 e. The molecule has 7 heteroatoms. The van der Waals surface area contributed by atoms with Gasteiger partial charge in [-0.15, -0.1) is 11.3 Å². The fraction of sp³-hybridized carbons (Fsp3) is 0.286. The number of rotatable bonds is 3. The van der Waals surface area contributed by atoms with Crippen molar-refractivity contribution in [2.45, 2.75) is 4.21 Å². The Balaban J connectivity index is 3.20. The van der Waals surface area contributed by atoms with Crippen molar-refractivity contribution < 1.29 is 23.0 Å². The van der Waals surface area contributed by atoms with E-state index < -0.39 is 17.0 Å². The molecule has 14 heavy (non-hydrogen) atoms. The van der Waals surface area contributed by atoms with Crippen molar-refractivity contribution >= 4 is 28.4 Å². The standard InChI is InChI=1S/C7H8O5S2/c1-11-5-4(6(8)12-2)3-13-7(5)14(9)10/h3H,1-2H3,(H,9,10)/p-1. The number of ether oxygens (including phenoxy) is 2. The Bertz CT molecular complexity index is 370. The van der Waals surface area contributed by atoms with Crippen LogP contribution in [0.5, 0.6) is 5.75 Å². The highest BCUT2D eigenvalue weighted by Gasteiger charge is 2.19. The van der Waals surface area contributed by atoms with E-state index in [-0.39, 0.29) is 15.5 Å². The molecule has 1 heterocycles. The van der Waals surface area contributed by atoms with Gasteiger partial charge in [0.15, 0.2) is 5.75 Å². The van der Waals surface area contributed by atoms with E-state index in [4.69, 9.17) is 4.74 Å². The van der Waals surface area contributed by atoms with Crippen molar-refractivity contribution in [3.05, 3.63) is 10.9 Å². The number of thiophene rings is 1. The fourth-order valence-electron chi connectivity index (χ4n) is 0.888. The molecule has 0 aliphatic carbocycles. The van der Waals surface area contributed by atoms with Gasteiger partial charge in [-0.3, -0.25) is 4.21 Å². The summed E-state index contributed by atoms with van der Waals surface area (Å²) in [4.78, 5) is 11.1. The number of hydrogen-bond donors (Lipinski definition) is 0. The monoisotopic (exact) mass is 235 g/mol. The summed E-state index contributed by atoms with van der Waals surface area (Å²) in [6, 6.07) is 0. The van der Waals surface area contributed by atoms with Crippen LogP contribution < -0.4 is 4.74 Å². The fourth-order valence-corrected chi connectivity index (χ4v) is 2.42. The summed E-state index contributed by atoms with van der Waals surface area (Å²) in [5.74, 6) is -0.579. The van der Waals surface area contributed by atoms with Crippen molar-refractivity contribution in [3.8, 4) is 5.75 Å². The van der Waals surface area contributed by atoms with Crippen LogP contribution in [0.2, 0.25) is 0 Å². The zero-order chi connectivity index (χ0) is 10.7. The molecule has 0 aliphatic heterocycles. The third-order valence-corrected chi connectivity index (χ3v) is 3.41. The molecule has 0 fully saturated rings. The second-order valence-electron chi connectivity index (χ2n) is 2.20. The van der Waals surface area contributed by atoms with Crippen LogP contribution in [0.25, 0.3) is 0 Å². The van der Waals surface area contributed by atoms with Gasteiger partial charge in [0.05, 0.1) is 14.2 Å². The molecule has 0 bridgehead atoms. The predicted molar refractivity (Wildman–Crippen MR) is 49.4 cm³/mol. The molecule has 1 atom stereocenters. The third-order valence-electron chi connectivity index (χ3n) is 1.47. The van der Waals surface area contributed by atoms with E-state index in [0.29, 0.717) is 0 Å². The van der Waals surface area contributed by atoms with Gasteiger partial charge in [-0.2, -0.15) is 0 Å². The average molecular weight is 235 g/mol. The van der Waals surface area contributed by atoms with Crippen LogP contribution in [0.1, 0.15) is 10.4 Å². The molecule has 0 amide bonds. The molecule has 0 saturated carbocycles. The molecule has 5 nitrogen and oxygen atoms in total. The van der Waals surface area contributed by atoms with E-state index in [9.17, 15) is 13.6 Å². The normalized spacial score (nSPS) is 12.2. The van der Waals surface area contributed by atoms with Gasteiger partial charge in [0.25, 0.3) is 0 Å². The van der Waals surface area contributed by atoms with E-state index in [1.165, 1.54) is 19.6 Å². The van der Waals surface area contributed by atoms with Gasteiger partial charge in [0, 0.05) is 5.38 Å². The molecule has 0 aliphatic rings.